The monoisotopic (exact) mass is 199 g/mol. The van der Waals surface area contributed by atoms with E-state index in [9.17, 15) is 9.59 Å². The molecule has 1 aliphatic rings. The van der Waals surface area contributed by atoms with Gasteiger partial charge in [-0.2, -0.15) is 0 Å². The van der Waals surface area contributed by atoms with E-state index in [0.717, 1.165) is 0 Å². The number of hydrogen-bond donors (Lipinski definition) is 1. The van der Waals surface area contributed by atoms with Crippen molar-refractivity contribution in [2.45, 2.75) is 33.2 Å². The third-order valence-electron chi connectivity index (χ3n) is 3.05. The first-order valence-corrected chi connectivity index (χ1v) is 5.02. The molecule has 1 fully saturated rings. The molecule has 3 atom stereocenters. The lowest BCUT2D eigenvalue weighted by atomic mass is 10.00. The standard InChI is InChI=1S/C10H17NO3/c1-4-8(5-12)11-9(13)6(2)7(3)10(11)14/h6-8,12H,4-5H2,1-3H3. The van der Waals surface area contributed by atoms with E-state index < -0.39 is 0 Å². The first-order chi connectivity index (χ1) is 6.54. The van der Waals surface area contributed by atoms with Crippen molar-refractivity contribution < 1.29 is 14.7 Å². The molecule has 0 aromatic rings. The van der Waals surface area contributed by atoms with Crippen molar-refractivity contribution in [3.05, 3.63) is 0 Å². The Balaban J connectivity index is 2.89. The Labute approximate surface area is 83.9 Å². The van der Waals surface area contributed by atoms with E-state index in [4.69, 9.17) is 5.11 Å². The Morgan fingerprint density at radius 1 is 1.29 bits per heavy atom. The third-order valence-corrected chi connectivity index (χ3v) is 3.05. The van der Waals surface area contributed by atoms with Crippen molar-refractivity contribution in [2.75, 3.05) is 6.61 Å². The molecule has 4 heteroatoms. The Morgan fingerprint density at radius 2 is 1.71 bits per heavy atom. The fourth-order valence-electron chi connectivity index (χ4n) is 1.73. The Bertz CT molecular complexity index is 228. The fourth-order valence-corrected chi connectivity index (χ4v) is 1.73. The number of aliphatic hydroxyl groups excluding tert-OH is 1. The highest BCUT2D eigenvalue weighted by Crippen LogP contribution is 2.27. The molecule has 0 saturated carbocycles. The second-order valence-corrected chi connectivity index (χ2v) is 3.87. The van der Waals surface area contributed by atoms with Gasteiger partial charge < -0.3 is 5.11 Å². The van der Waals surface area contributed by atoms with Crippen LogP contribution in [0.4, 0.5) is 0 Å². The van der Waals surface area contributed by atoms with Crippen molar-refractivity contribution in [1.29, 1.82) is 0 Å². The van der Waals surface area contributed by atoms with Crippen molar-refractivity contribution in [3.8, 4) is 0 Å². The van der Waals surface area contributed by atoms with Crippen molar-refractivity contribution in [2.24, 2.45) is 11.8 Å². The summed E-state index contributed by atoms with van der Waals surface area (Å²) < 4.78 is 0. The van der Waals surface area contributed by atoms with Gasteiger partial charge in [0.2, 0.25) is 11.8 Å². The summed E-state index contributed by atoms with van der Waals surface area (Å²) >= 11 is 0. The van der Waals surface area contributed by atoms with Crippen LogP contribution in [0, 0.1) is 11.8 Å². The van der Waals surface area contributed by atoms with Gasteiger partial charge in [0.05, 0.1) is 12.6 Å². The average Bonchev–Trinajstić information content (AvgIpc) is 2.37. The molecule has 14 heavy (non-hydrogen) atoms. The summed E-state index contributed by atoms with van der Waals surface area (Å²) in [6, 6.07) is -0.345. The van der Waals surface area contributed by atoms with Crippen LogP contribution < -0.4 is 0 Å². The second kappa shape index (κ2) is 4.09. The lowest BCUT2D eigenvalue weighted by molar-refractivity contribution is -0.143. The smallest absolute Gasteiger partial charge is 0.233 e. The number of rotatable bonds is 3. The van der Waals surface area contributed by atoms with Crippen molar-refractivity contribution >= 4 is 11.8 Å². The Morgan fingerprint density at radius 3 is 2.00 bits per heavy atom. The van der Waals surface area contributed by atoms with E-state index >= 15 is 0 Å². The van der Waals surface area contributed by atoms with E-state index in [1.165, 1.54) is 4.90 Å². The normalized spacial score (nSPS) is 29.9. The van der Waals surface area contributed by atoms with Gasteiger partial charge in [0, 0.05) is 11.8 Å². The Kier molecular flexibility index (Phi) is 3.26. The molecule has 1 aliphatic heterocycles. The van der Waals surface area contributed by atoms with Gasteiger partial charge in [-0.05, 0) is 6.42 Å². The summed E-state index contributed by atoms with van der Waals surface area (Å²) in [5.41, 5.74) is 0. The minimum absolute atomic E-state index is 0.145. The minimum atomic E-state index is -0.345. The van der Waals surface area contributed by atoms with Crippen LogP contribution in [0.3, 0.4) is 0 Å². The van der Waals surface area contributed by atoms with Crippen LogP contribution in [0.25, 0.3) is 0 Å². The zero-order valence-corrected chi connectivity index (χ0v) is 8.86. The highest BCUT2D eigenvalue weighted by molar-refractivity contribution is 6.05. The number of aliphatic hydroxyl groups is 1. The summed E-state index contributed by atoms with van der Waals surface area (Å²) in [5, 5.41) is 9.05. The number of imide groups is 1. The van der Waals surface area contributed by atoms with Gasteiger partial charge in [-0.15, -0.1) is 0 Å². The molecule has 3 unspecified atom stereocenters. The van der Waals surface area contributed by atoms with E-state index in [1.807, 2.05) is 6.92 Å². The average molecular weight is 199 g/mol. The number of nitrogens with zero attached hydrogens (tertiary/aromatic N) is 1. The maximum absolute atomic E-state index is 11.7. The maximum atomic E-state index is 11.7. The lowest BCUT2D eigenvalue weighted by Gasteiger charge is -2.23. The lowest BCUT2D eigenvalue weighted by Crippen LogP contribution is -2.42. The summed E-state index contributed by atoms with van der Waals surface area (Å²) in [4.78, 5) is 24.6. The van der Waals surface area contributed by atoms with E-state index in [-0.39, 0.29) is 36.3 Å². The van der Waals surface area contributed by atoms with Gasteiger partial charge in [0.1, 0.15) is 0 Å². The van der Waals surface area contributed by atoms with Gasteiger partial charge >= 0.3 is 0 Å². The molecule has 0 aliphatic carbocycles. The Hall–Kier alpha value is -0.900. The molecule has 0 aromatic carbocycles. The first-order valence-electron chi connectivity index (χ1n) is 5.02. The van der Waals surface area contributed by atoms with E-state index in [0.29, 0.717) is 6.42 Å². The van der Waals surface area contributed by atoms with Crippen LogP contribution in [-0.4, -0.2) is 34.5 Å². The van der Waals surface area contributed by atoms with Gasteiger partial charge in [-0.3, -0.25) is 14.5 Å². The quantitative estimate of drug-likeness (QED) is 0.669. The summed E-state index contributed by atoms with van der Waals surface area (Å²) in [6.45, 7) is 5.23. The number of likely N-dealkylation sites (tertiary alicyclic amines) is 1. The number of amides is 2. The van der Waals surface area contributed by atoms with Crippen LogP contribution >= 0.6 is 0 Å². The molecule has 1 N–H and O–H groups in total. The zero-order valence-electron chi connectivity index (χ0n) is 8.86. The van der Waals surface area contributed by atoms with Crippen LogP contribution in [-0.2, 0) is 9.59 Å². The van der Waals surface area contributed by atoms with Crippen LogP contribution in [0.5, 0.6) is 0 Å². The van der Waals surface area contributed by atoms with Crippen LogP contribution in [0.1, 0.15) is 27.2 Å². The predicted molar refractivity (Wildman–Crippen MR) is 51.3 cm³/mol. The van der Waals surface area contributed by atoms with Crippen LogP contribution in [0.2, 0.25) is 0 Å². The molecule has 4 nitrogen and oxygen atoms in total. The molecule has 0 radical (unpaired) electrons. The van der Waals surface area contributed by atoms with Gasteiger partial charge in [-0.1, -0.05) is 20.8 Å². The van der Waals surface area contributed by atoms with E-state index in [1.54, 1.807) is 13.8 Å². The summed E-state index contributed by atoms with van der Waals surface area (Å²) in [6.07, 6.45) is 0.605. The SMILES string of the molecule is CCC(CO)N1C(=O)C(C)C(C)C1=O. The summed E-state index contributed by atoms with van der Waals surface area (Å²) in [7, 11) is 0. The largest absolute Gasteiger partial charge is 0.394 e. The number of carbonyl (C=O) groups is 2. The molecular weight excluding hydrogens is 182 g/mol. The molecular formula is C10H17NO3. The van der Waals surface area contributed by atoms with Gasteiger partial charge in [-0.25, -0.2) is 0 Å². The highest BCUT2D eigenvalue weighted by Gasteiger charge is 2.44. The fraction of sp³-hybridized carbons (Fsp3) is 0.800. The topological polar surface area (TPSA) is 57.6 Å². The van der Waals surface area contributed by atoms with Crippen molar-refractivity contribution in [3.63, 3.8) is 0 Å². The molecule has 1 saturated heterocycles. The van der Waals surface area contributed by atoms with Crippen molar-refractivity contribution in [1.82, 2.24) is 4.90 Å². The zero-order chi connectivity index (χ0) is 10.9. The number of carbonyl (C=O) groups excluding carboxylic acids is 2. The van der Waals surface area contributed by atoms with Crippen LogP contribution in [0.15, 0.2) is 0 Å². The minimum Gasteiger partial charge on any atom is -0.394 e. The first kappa shape index (κ1) is 11.2. The highest BCUT2D eigenvalue weighted by atomic mass is 16.3. The molecule has 0 bridgehead atoms. The molecule has 0 spiro atoms. The van der Waals surface area contributed by atoms with Gasteiger partial charge in [0.25, 0.3) is 0 Å². The maximum Gasteiger partial charge on any atom is 0.233 e. The summed E-state index contributed by atoms with van der Waals surface area (Å²) in [5.74, 6) is -0.794. The second-order valence-electron chi connectivity index (χ2n) is 3.87. The molecule has 0 aromatic heterocycles. The molecule has 1 rings (SSSR count). The molecule has 2 amide bonds. The molecule has 80 valence electrons. The number of hydrogen-bond acceptors (Lipinski definition) is 3. The predicted octanol–water partition coefficient (Wildman–Crippen LogP) is 0.398. The van der Waals surface area contributed by atoms with Gasteiger partial charge in [0.15, 0.2) is 0 Å². The van der Waals surface area contributed by atoms with E-state index in [2.05, 4.69) is 0 Å². The molecule has 1 heterocycles. The third kappa shape index (κ3) is 1.54.